The van der Waals surface area contributed by atoms with E-state index < -0.39 is 5.92 Å². The molecule has 2 aliphatic rings. The van der Waals surface area contributed by atoms with Gasteiger partial charge in [-0.15, -0.1) is 0 Å². The van der Waals surface area contributed by atoms with Crippen molar-refractivity contribution in [1.82, 2.24) is 4.90 Å². The number of carbonyl (C=O) groups excluding carboxylic acids is 1. The van der Waals surface area contributed by atoms with Gasteiger partial charge in [-0.05, 0) is 36.6 Å². The number of nitrogens with zero attached hydrogens (tertiary/aromatic N) is 3. The van der Waals surface area contributed by atoms with Gasteiger partial charge < -0.3 is 20.1 Å². The van der Waals surface area contributed by atoms with E-state index in [1.165, 1.54) is 7.11 Å². The number of hydrogen-bond acceptors (Lipinski definition) is 7. The molecule has 1 heterocycles. The third kappa shape index (κ3) is 4.02. The fourth-order valence-electron chi connectivity index (χ4n) is 4.53. The van der Waals surface area contributed by atoms with E-state index >= 15 is 0 Å². The van der Waals surface area contributed by atoms with Gasteiger partial charge in [0.2, 0.25) is 0 Å². The fourth-order valence-corrected chi connectivity index (χ4v) is 5.08. The predicted octanol–water partition coefficient (Wildman–Crippen LogP) is 4.64. The maximum Gasteiger partial charge on any atom is 0.162 e. The molecule has 2 aromatic rings. The lowest BCUT2D eigenvalue weighted by atomic mass is 9.76. The van der Waals surface area contributed by atoms with Crippen molar-refractivity contribution in [3.8, 4) is 23.6 Å². The summed E-state index contributed by atoms with van der Waals surface area (Å²) in [6, 6.07) is 15.2. The number of ether oxygens (including phenoxy) is 2. The molecule has 0 amide bonds. The van der Waals surface area contributed by atoms with Gasteiger partial charge in [0.1, 0.15) is 12.4 Å². The van der Waals surface area contributed by atoms with E-state index in [1.54, 1.807) is 36.2 Å². The minimum atomic E-state index is -0.597. The maximum atomic E-state index is 13.0. The number of nitriles is 2. The molecule has 2 N–H and O–H groups in total. The standard InChI is InChI=1S/C26H23BrN4O3/c1-31-20-8-5-9-21(32)25(20)24(18(13-29)26(31)30)17-10-22(33-2)23(11-19(17)27)34-14-16-7-4-3-6-15(16)12-28/h3-4,6-7,10-11,24H,5,8-9,14,30H2,1-2H3/t24-/m1/s1. The van der Waals surface area contributed by atoms with Gasteiger partial charge in [0.05, 0.1) is 36.3 Å². The highest BCUT2D eigenvalue weighted by molar-refractivity contribution is 9.10. The average Bonchev–Trinajstić information content (AvgIpc) is 2.85. The van der Waals surface area contributed by atoms with Crippen molar-refractivity contribution in [1.29, 1.82) is 10.5 Å². The van der Waals surface area contributed by atoms with Crippen LogP contribution in [0, 0.1) is 22.7 Å². The van der Waals surface area contributed by atoms with Crippen molar-refractivity contribution in [2.75, 3.05) is 14.2 Å². The molecule has 1 atom stereocenters. The first-order valence-corrected chi connectivity index (χ1v) is 11.6. The minimum absolute atomic E-state index is 0.0256. The SMILES string of the molecule is COc1cc([C@@H]2C(C#N)=C(N)N(C)C3=C2C(=O)CCC3)c(Br)cc1OCc1ccccc1C#N. The van der Waals surface area contributed by atoms with Crippen LogP contribution in [0.1, 0.15) is 41.9 Å². The summed E-state index contributed by atoms with van der Waals surface area (Å²) in [7, 11) is 3.33. The van der Waals surface area contributed by atoms with Crippen molar-refractivity contribution in [3.63, 3.8) is 0 Å². The zero-order valence-electron chi connectivity index (χ0n) is 18.9. The molecule has 0 fully saturated rings. The first kappa shape index (κ1) is 23.4. The monoisotopic (exact) mass is 518 g/mol. The van der Waals surface area contributed by atoms with Crippen LogP contribution in [0.5, 0.6) is 11.5 Å². The highest BCUT2D eigenvalue weighted by atomic mass is 79.9. The molecule has 7 nitrogen and oxygen atoms in total. The Morgan fingerprint density at radius 1 is 1.18 bits per heavy atom. The molecule has 172 valence electrons. The second kappa shape index (κ2) is 9.62. The molecule has 0 bridgehead atoms. The van der Waals surface area contributed by atoms with Gasteiger partial charge in [-0.3, -0.25) is 4.79 Å². The number of nitrogens with two attached hydrogens (primary N) is 1. The molecule has 0 aromatic heterocycles. The van der Waals surface area contributed by atoms with Gasteiger partial charge in [-0.2, -0.15) is 10.5 Å². The molecule has 0 unspecified atom stereocenters. The van der Waals surface area contributed by atoms with Crippen LogP contribution in [0.25, 0.3) is 0 Å². The average molecular weight is 519 g/mol. The van der Waals surface area contributed by atoms with Crippen LogP contribution in [-0.2, 0) is 11.4 Å². The van der Waals surface area contributed by atoms with Gasteiger partial charge >= 0.3 is 0 Å². The van der Waals surface area contributed by atoms with Crippen LogP contribution in [-0.4, -0.2) is 24.8 Å². The highest BCUT2D eigenvalue weighted by Crippen LogP contribution is 2.48. The molecule has 8 heteroatoms. The molecule has 0 saturated heterocycles. The first-order valence-electron chi connectivity index (χ1n) is 10.8. The van der Waals surface area contributed by atoms with Crippen LogP contribution >= 0.6 is 15.9 Å². The zero-order chi connectivity index (χ0) is 24.4. The van der Waals surface area contributed by atoms with E-state index in [9.17, 15) is 15.3 Å². The molecule has 1 aliphatic heterocycles. The lowest BCUT2D eigenvalue weighted by Gasteiger charge is -2.38. The Bertz CT molecular complexity index is 1320. The Balaban J connectivity index is 1.77. The quantitative estimate of drug-likeness (QED) is 0.613. The molecule has 1 aliphatic carbocycles. The fraction of sp³-hybridized carbons (Fsp3) is 0.269. The lowest BCUT2D eigenvalue weighted by molar-refractivity contribution is -0.116. The minimum Gasteiger partial charge on any atom is -0.493 e. The number of Topliss-reactive ketones (excluding diaryl/α,β-unsaturated/α-hetero) is 1. The Morgan fingerprint density at radius 2 is 1.94 bits per heavy atom. The normalized spacial score (nSPS) is 17.7. The molecular weight excluding hydrogens is 496 g/mol. The third-order valence-corrected chi connectivity index (χ3v) is 6.97. The van der Waals surface area contributed by atoms with Crippen molar-refractivity contribution in [2.45, 2.75) is 31.8 Å². The third-order valence-electron chi connectivity index (χ3n) is 6.28. The Hall–Kier alpha value is -3.75. The summed E-state index contributed by atoms with van der Waals surface area (Å²) < 4.78 is 12.3. The Kier molecular flexibility index (Phi) is 6.63. The summed E-state index contributed by atoms with van der Waals surface area (Å²) in [5, 5.41) is 19.3. The van der Waals surface area contributed by atoms with Crippen molar-refractivity contribution < 1.29 is 14.3 Å². The van der Waals surface area contributed by atoms with Gasteiger partial charge in [-0.25, -0.2) is 0 Å². The summed E-state index contributed by atoms with van der Waals surface area (Å²) >= 11 is 3.62. The van der Waals surface area contributed by atoms with Crippen LogP contribution in [0.4, 0.5) is 0 Å². The first-order chi connectivity index (χ1) is 16.4. The number of carbonyl (C=O) groups is 1. The number of rotatable bonds is 5. The van der Waals surface area contributed by atoms with Crippen LogP contribution in [0.3, 0.4) is 0 Å². The number of allylic oxidation sites excluding steroid dienone is 3. The van der Waals surface area contributed by atoms with E-state index in [4.69, 9.17) is 15.2 Å². The second-order valence-corrected chi connectivity index (χ2v) is 8.98. The molecule has 0 spiro atoms. The smallest absolute Gasteiger partial charge is 0.162 e. The molecule has 4 rings (SSSR count). The van der Waals surface area contributed by atoms with Crippen LogP contribution in [0.15, 0.2) is 63.5 Å². The lowest BCUT2D eigenvalue weighted by Crippen LogP contribution is -2.36. The maximum absolute atomic E-state index is 13.0. The van der Waals surface area contributed by atoms with Crippen molar-refractivity contribution in [2.24, 2.45) is 5.73 Å². The molecule has 0 radical (unpaired) electrons. The number of methoxy groups -OCH3 is 1. The number of hydrogen-bond donors (Lipinski definition) is 1. The van der Waals surface area contributed by atoms with Gasteiger partial charge in [-0.1, -0.05) is 34.1 Å². The summed E-state index contributed by atoms with van der Waals surface area (Å²) in [6.07, 6.45) is 1.92. The van der Waals surface area contributed by atoms with Crippen molar-refractivity contribution >= 4 is 21.7 Å². The molecule has 34 heavy (non-hydrogen) atoms. The summed E-state index contributed by atoms with van der Waals surface area (Å²) in [5.74, 6) is 0.699. The van der Waals surface area contributed by atoms with Gasteiger partial charge in [0.25, 0.3) is 0 Å². The van der Waals surface area contributed by atoms with Crippen LogP contribution < -0.4 is 15.2 Å². The summed E-state index contributed by atoms with van der Waals surface area (Å²) in [4.78, 5) is 14.8. The topological polar surface area (TPSA) is 112 Å². The van der Waals surface area contributed by atoms with E-state index in [2.05, 4.69) is 28.1 Å². The van der Waals surface area contributed by atoms with Gasteiger partial charge in [0.15, 0.2) is 17.3 Å². The zero-order valence-corrected chi connectivity index (χ0v) is 20.5. The van der Waals surface area contributed by atoms with E-state index in [0.717, 1.165) is 24.1 Å². The Labute approximate surface area is 206 Å². The summed E-state index contributed by atoms with van der Waals surface area (Å²) in [5.41, 5.74) is 10.1. The van der Waals surface area contributed by atoms with Crippen molar-refractivity contribution in [3.05, 3.63) is 80.2 Å². The van der Waals surface area contributed by atoms with Gasteiger partial charge in [0, 0.05) is 34.8 Å². The molecular formula is C26H23BrN4O3. The van der Waals surface area contributed by atoms with Crippen LogP contribution in [0.2, 0.25) is 0 Å². The number of benzene rings is 2. The van der Waals surface area contributed by atoms with E-state index in [0.29, 0.717) is 50.5 Å². The largest absolute Gasteiger partial charge is 0.493 e. The van der Waals surface area contributed by atoms with E-state index in [-0.39, 0.29) is 12.4 Å². The molecule has 0 saturated carbocycles. The Morgan fingerprint density at radius 3 is 2.65 bits per heavy atom. The molecule has 2 aromatic carbocycles. The van der Waals surface area contributed by atoms with E-state index in [1.807, 2.05) is 12.1 Å². The second-order valence-electron chi connectivity index (χ2n) is 8.12. The highest BCUT2D eigenvalue weighted by Gasteiger charge is 2.39. The predicted molar refractivity (Wildman–Crippen MR) is 129 cm³/mol. The number of ketones is 1. The number of halogens is 1. The summed E-state index contributed by atoms with van der Waals surface area (Å²) in [6.45, 7) is 0.185.